The zero-order valence-electron chi connectivity index (χ0n) is 10.5. The van der Waals surface area contributed by atoms with Gasteiger partial charge in [-0.2, -0.15) is 0 Å². The van der Waals surface area contributed by atoms with Gasteiger partial charge in [0.25, 0.3) is 11.6 Å². The molecule has 6 nitrogen and oxygen atoms in total. The maximum absolute atomic E-state index is 12.4. The summed E-state index contributed by atoms with van der Waals surface area (Å²) in [5.74, 6) is -0.333. The van der Waals surface area contributed by atoms with Gasteiger partial charge in [0.15, 0.2) is 0 Å². The molecule has 0 radical (unpaired) electrons. The van der Waals surface area contributed by atoms with Crippen LogP contribution in [0.2, 0.25) is 5.15 Å². The van der Waals surface area contributed by atoms with Crippen LogP contribution in [0.4, 0.5) is 5.69 Å². The van der Waals surface area contributed by atoms with E-state index in [2.05, 4.69) is 4.98 Å². The van der Waals surface area contributed by atoms with Gasteiger partial charge in [-0.15, -0.1) is 0 Å². The smallest absolute Gasteiger partial charge is 0.300 e. The normalized spacial score (nSPS) is 18.6. The molecule has 1 aromatic rings. The number of rotatable bonds is 3. The molecule has 1 fully saturated rings. The van der Waals surface area contributed by atoms with Gasteiger partial charge in [0.1, 0.15) is 16.9 Å². The van der Waals surface area contributed by atoms with E-state index in [0.717, 1.165) is 25.5 Å². The van der Waals surface area contributed by atoms with Gasteiger partial charge in [-0.1, -0.05) is 18.5 Å². The van der Waals surface area contributed by atoms with Crippen molar-refractivity contribution in [2.75, 3.05) is 6.54 Å². The third kappa shape index (κ3) is 2.68. The summed E-state index contributed by atoms with van der Waals surface area (Å²) in [7, 11) is 0. The second kappa shape index (κ2) is 5.52. The molecule has 19 heavy (non-hydrogen) atoms. The van der Waals surface area contributed by atoms with Crippen molar-refractivity contribution in [2.24, 2.45) is 0 Å². The number of nitro groups is 1. The maximum atomic E-state index is 12.4. The number of nitrogens with zero attached hydrogens (tertiary/aromatic N) is 3. The van der Waals surface area contributed by atoms with Gasteiger partial charge < -0.3 is 4.90 Å². The number of carbonyl (C=O) groups is 1. The Hall–Kier alpha value is -1.69. The minimum absolute atomic E-state index is 0.0188. The molecule has 0 bridgehead atoms. The first-order valence-electron chi connectivity index (χ1n) is 6.15. The molecule has 1 amide bonds. The fraction of sp³-hybridized carbons (Fsp3) is 0.500. The van der Waals surface area contributed by atoms with Crippen LogP contribution in [0, 0.1) is 10.1 Å². The molecule has 102 valence electrons. The summed E-state index contributed by atoms with van der Waals surface area (Å²) >= 11 is 5.74. The van der Waals surface area contributed by atoms with Crippen LogP contribution in [0.25, 0.3) is 0 Å². The van der Waals surface area contributed by atoms with Crippen LogP contribution < -0.4 is 0 Å². The Labute approximate surface area is 115 Å². The Kier molecular flexibility index (Phi) is 3.99. The van der Waals surface area contributed by atoms with Crippen molar-refractivity contribution in [2.45, 2.75) is 32.2 Å². The molecule has 1 unspecified atom stereocenters. The van der Waals surface area contributed by atoms with Crippen LogP contribution >= 0.6 is 11.6 Å². The number of aromatic nitrogens is 1. The molecule has 0 N–H and O–H groups in total. The minimum Gasteiger partial charge on any atom is -0.335 e. The zero-order valence-corrected chi connectivity index (χ0v) is 11.3. The predicted molar refractivity (Wildman–Crippen MR) is 70.3 cm³/mol. The quantitative estimate of drug-likeness (QED) is 0.485. The van der Waals surface area contributed by atoms with E-state index in [-0.39, 0.29) is 28.4 Å². The molecule has 0 aliphatic carbocycles. The lowest BCUT2D eigenvalue weighted by Gasteiger charge is -2.23. The van der Waals surface area contributed by atoms with Crippen LogP contribution in [0.15, 0.2) is 12.3 Å². The van der Waals surface area contributed by atoms with E-state index < -0.39 is 4.92 Å². The summed E-state index contributed by atoms with van der Waals surface area (Å²) in [5.41, 5.74) is -0.276. The van der Waals surface area contributed by atoms with Crippen LogP contribution in [0.3, 0.4) is 0 Å². The molecule has 0 spiro atoms. The molecule has 7 heteroatoms. The highest BCUT2D eigenvalue weighted by Crippen LogP contribution is 2.27. The number of pyridine rings is 1. The van der Waals surface area contributed by atoms with Crippen LogP contribution in [-0.2, 0) is 0 Å². The SMILES string of the molecule is CCC1CCCN1C(=O)c1cc(Cl)ncc1[N+](=O)[O-]. The fourth-order valence-corrected chi connectivity index (χ4v) is 2.58. The minimum atomic E-state index is -0.604. The molecule has 0 saturated carbocycles. The van der Waals surface area contributed by atoms with E-state index in [1.54, 1.807) is 4.90 Å². The van der Waals surface area contributed by atoms with Gasteiger partial charge in [-0.25, -0.2) is 4.98 Å². The highest BCUT2D eigenvalue weighted by molar-refractivity contribution is 6.29. The first-order valence-corrected chi connectivity index (χ1v) is 6.53. The zero-order chi connectivity index (χ0) is 14.0. The van der Waals surface area contributed by atoms with E-state index in [1.807, 2.05) is 6.92 Å². The molecule has 2 heterocycles. The number of halogens is 1. The van der Waals surface area contributed by atoms with Crippen molar-refractivity contribution in [3.63, 3.8) is 0 Å². The molecular formula is C12H14ClN3O3. The Morgan fingerprint density at radius 3 is 3.05 bits per heavy atom. The van der Waals surface area contributed by atoms with Gasteiger partial charge in [0.2, 0.25) is 0 Å². The van der Waals surface area contributed by atoms with Gasteiger partial charge in [-0.3, -0.25) is 14.9 Å². The second-order valence-corrected chi connectivity index (χ2v) is 4.87. The average molecular weight is 284 g/mol. The van der Waals surface area contributed by atoms with E-state index in [4.69, 9.17) is 11.6 Å². The summed E-state index contributed by atoms with van der Waals surface area (Å²) in [5, 5.41) is 11.0. The largest absolute Gasteiger partial charge is 0.335 e. The number of carbonyl (C=O) groups excluding carboxylic acids is 1. The van der Waals surface area contributed by atoms with Gasteiger partial charge >= 0.3 is 0 Å². The van der Waals surface area contributed by atoms with E-state index >= 15 is 0 Å². The molecule has 1 aliphatic rings. The van der Waals surface area contributed by atoms with Crippen LogP contribution in [0.1, 0.15) is 36.5 Å². The Bertz CT molecular complexity index is 521. The Balaban J connectivity index is 2.37. The third-order valence-electron chi connectivity index (χ3n) is 3.39. The molecule has 1 aromatic heterocycles. The molecular weight excluding hydrogens is 270 g/mol. The fourth-order valence-electron chi connectivity index (χ4n) is 2.42. The highest BCUT2D eigenvalue weighted by Gasteiger charge is 2.32. The van der Waals surface area contributed by atoms with Crippen LogP contribution in [0.5, 0.6) is 0 Å². The lowest BCUT2D eigenvalue weighted by molar-refractivity contribution is -0.385. The number of likely N-dealkylation sites (tertiary alicyclic amines) is 1. The lowest BCUT2D eigenvalue weighted by Crippen LogP contribution is -2.35. The average Bonchev–Trinajstić information content (AvgIpc) is 2.85. The maximum Gasteiger partial charge on any atom is 0.300 e. The summed E-state index contributed by atoms with van der Waals surface area (Å²) in [6.45, 7) is 2.64. The van der Waals surface area contributed by atoms with Crippen molar-refractivity contribution in [3.05, 3.63) is 33.1 Å². The third-order valence-corrected chi connectivity index (χ3v) is 3.59. The van der Waals surface area contributed by atoms with Crippen molar-refractivity contribution < 1.29 is 9.72 Å². The first kappa shape index (κ1) is 13.7. The molecule has 1 aliphatic heterocycles. The molecule has 0 aromatic carbocycles. The Morgan fingerprint density at radius 1 is 1.68 bits per heavy atom. The lowest BCUT2D eigenvalue weighted by atomic mass is 10.1. The van der Waals surface area contributed by atoms with E-state index in [0.29, 0.717) is 6.54 Å². The van der Waals surface area contributed by atoms with Crippen molar-refractivity contribution in [3.8, 4) is 0 Å². The van der Waals surface area contributed by atoms with Crippen LogP contribution in [-0.4, -0.2) is 33.3 Å². The summed E-state index contributed by atoms with van der Waals surface area (Å²) in [6.07, 6.45) is 3.75. The van der Waals surface area contributed by atoms with Crippen molar-refractivity contribution in [1.29, 1.82) is 0 Å². The number of hydrogen-bond donors (Lipinski definition) is 0. The van der Waals surface area contributed by atoms with Gasteiger partial charge in [0.05, 0.1) is 4.92 Å². The second-order valence-electron chi connectivity index (χ2n) is 4.48. The standard InChI is InChI=1S/C12H14ClN3O3/c1-2-8-4-3-5-15(8)12(17)9-6-11(13)14-7-10(9)16(18)19/h6-8H,2-5H2,1H3. The van der Waals surface area contributed by atoms with E-state index in [1.165, 1.54) is 6.07 Å². The van der Waals surface area contributed by atoms with Crippen molar-refractivity contribution in [1.82, 2.24) is 9.88 Å². The predicted octanol–water partition coefficient (Wildman–Crippen LogP) is 2.66. The monoisotopic (exact) mass is 283 g/mol. The Morgan fingerprint density at radius 2 is 2.42 bits per heavy atom. The molecule has 1 atom stereocenters. The van der Waals surface area contributed by atoms with Gasteiger partial charge in [-0.05, 0) is 25.3 Å². The summed E-state index contributed by atoms with van der Waals surface area (Å²) in [4.78, 5) is 28.1. The summed E-state index contributed by atoms with van der Waals surface area (Å²) in [6, 6.07) is 1.42. The van der Waals surface area contributed by atoms with E-state index in [9.17, 15) is 14.9 Å². The number of amides is 1. The molecule has 2 rings (SSSR count). The first-order chi connectivity index (χ1) is 9.04. The topological polar surface area (TPSA) is 76.3 Å². The summed E-state index contributed by atoms with van der Waals surface area (Å²) < 4.78 is 0. The van der Waals surface area contributed by atoms with Gasteiger partial charge in [0, 0.05) is 12.6 Å². The highest BCUT2D eigenvalue weighted by atomic mass is 35.5. The number of hydrogen-bond acceptors (Lipinski definition) is 4. The van der Waals surface area contributed by atoms with Crippen molar-refractivity contribution >= 4 is 23.2 Å². The molecule has 1 saturated heterocycles.